The molecule has 0 radical (unpaired) electrons. The Morgan fingerprint density at radius 2 is 1.52 bits per heavy atom. The van der Waals surface area contributed by atoms with Gasteiger partial charge in [0.1, 0.15) is 0 Å². The predicted octanol–water partition coefficient (Wildman–Crippen LogP) is 3.89. The quantitative estimate of drug-likeness (QED) is 0.692. The number of fused-ring (bicyclic) bond motifs is 1. The highest BCUT2D eigenvalue weighted by molar-refractivity contribution is 5.94. The van der Waals surface area contributed by atoms with Crippen LogP contribution in [0.2, 0.25) is 0 Å². The van der Waals surface area contributed by atoms with Crippen molar-refractivity contribution in [2.24, 2.45) is 5.92 Å². The number of urea groups is 1. The molecular formula is C22H25N3O4. The second kappa shape index (κ2) is 8.03. The molecule has 0 bridgehead atoms. The summed E-state index contributed by atoms with van der Waals surface area (Å²) in [7, 11) is 0. The van der Waals surface area contributed by atoms with Crippen LogP contribution in [0.4, 0.5) is 10.5 Å². The Bertz CT molecular complexity index is 909. The van der Waals surface area contributed by atoms with Crippen molar-refractivity contribution in [3.8, 4) is 11.5 Å². The smallest absolute Gasteiger partial charge is 0.315 e. The lowest BCUT2D eigenvalue weighted by atomic mass is 10.1. The van der Waals surface area contributed by atoms with Crippen LogP contribution in [0.3, 0.4) is 0 Å². The van der Waals surface area contributed by atoms with E-state index >= 15 is 0 Å². The monoisotopic (exact) mass is 395 g/mol. The van der Waals surface area contributed by atoms with Crippen molar-refractivity contribution in [3.63, 3.8) is 0 Å². The molecule has 1 heterocycles. The number of nitrogens with one attached hydrogen (secondary N) is 3. The van der Waals surface area contributed by atoms with Crippen LogP contribution in [-0.2, 0) is 4.79 Å². The molecular weight excluding hydrogens is 370 g/mol. The van der Waals surface area contributed by atoms with E-state index in [0.29, 0.717) is 5.75 Å². The van der Waals surface area contributed by atoms with E-state index in [2.05, 4.69) is 16.0 Å². The maximum atomic E-state index is 12.4. The first-order chi connectivity index (χ1) is 14.0. The Balaban J connectivity index is 1.30. The van der Waals surface area contributed by atoms with E-state index in [1.807, 2.05) is 56.3 Å². The molecule has 3 N–H and O–H groups in total. The zero-order valence-corrected chi connectivity index (χ0v) is 16.5. The number of anilines is 1. The standard InChI is InChI=1S/C22H25N3O4/c1-13(15-5-8-18(9-6-15)25-21(26)16-3-4-16)23-22(27)24-14(2)17-7-10-19-20(11-17)29-12-28-19/h5-11,13-14,16H,3-4,12H2,1-2H3,(H,25,26)(H2,23,24,27). The molecule has 7 heteroatoms. The van der Waals surface area contributed by atoms with Gasteiger partial charge in [-0.15, -0.1) is 0 Å². The summed E-state index contributed by atoms with van der Waals surface area (Å²) in [6, 6.07) is 12.6. The van der Waals surface area contributed by atoms with Crippen LogP contribution in [0, 0.1) is 5.92 Å². The minimum absolute atomic E-state index is 0.0841. The van der Waals surface area contributed by atoms with Crippen LogP contribution in [0.5, 0.6) is 11.5 Å². The summed E-state index contributed by atoms with van der Waals surface area (Å²) in [5.41, 5.74) is 2.67. The highest BCUT2D eigenvalue weighted by Gasteiger charge is 2.29. The van der Waals surface area contributed by atoms with Gasteiger partial charge in [-0.1, -0.05) is 18.2 Å². The first kappa shape index (κ1) is 19.1. The van der Waals surface area contributed by atoms with Crippen molar-refractivity contribution in [2.45, 2.75) is 38.8 Å². The molecule has 1 aliphatic carbocycles. The third-order valence-electron chi connectivity index (χ3n) is 5.22. The van der Waals surface area contributed by atoms with Crippen molar-refractivity contribution >= 4 is 17.6 Å². The van der Waals surface area contributed by atoms with Crippen molar-refractivity contribution in [3.05, 3.63) is 53.6 Å². The van der Waals surface area contributed by atoms with Gasteiger partial charge in [0, 0.05) is 11.6 Å². The molecule has 2 aromatic rings. The van der Waals surface area contributed by atoms with Crippen LogP contribution in [-0.4, -0.2) is 18.7 Å². The lowest BCUT2D eigenvalue weighted by Gasteiger charge is -2.19. The molecule has 2 aromatic carbocycles. The fraction of sp³-hybridized carbons (Fsp3) is 0.364. The summed E-state index contributed by atoms with van der Waals surface area (Å²) in [4.78, 5) is 24.2. The third kappa shape index (κ3) is 4.62. The second-order valence-corrected chi connectivity index (χ2v) is 7.56. The van der Waals surface area contributed by atoms with Gasteiger partial charge in [-0.25, -0.2) is 4.79 Å². The molecule has 4 rings (SSSR count). The summed E-state index contributed by atoms with van der Waals surface area (Å²) < 4.78 is 10.7. The maximum Gasteiger partial charge on any atom is 0.315 e. The van der Waals surface area contributed by atoms with Crippen molar-refractivity contribution in [2.75, 3.05) is 12.1 Å². The number of benzene rings is 2. The molecule has 0 saturated heterocycles. The average molecular weight is 395 g/mol. The number of hydrogen-bond donors (Lipinski definition) is 3. The van der Waals surface area contributed by atoms with Crippen molar-refractivity contribution in [1.29, 1.82) is 0 Å². The largest absolute Gasteiger partial charge is 0.454 e. The van der Waals surface area contributed by atoms with Gasteiger partial charge in [0.15, 0.2) is 11.5 Å². The fourth-order valence-electron chi connectivity index (χ4n) is 3.23. The fourth-order valence-corrected chi connectivity index (χ4v) is 3.23. The predicted molar refractivity (Wildman–Crippen MR) is 109 cm³/mol. The minimum Gasteiger partial charge on any atom is -0.454 e. The Morgan fingerprint density at radius 3 is 2.21 bits per heavy atom. The van der Waals surface area contributed by atoms with E-state index < -0.39 is 0 Å². The maximum absolute atomic E-state index is 12.4. The molecule has 7 nitrogen and oxygen atoms in total. The van der Waals surface area contributed by atoms with Gasteiger partial charge >= 0.3 is 6.03 Å². The van der Waals surface area contributed by atoms with E-state index in [4.69, 9.17) is 9.47 Å². The van der Waals surface area contributed by atoms with Gasteiger partial charge < -0.3 is 25.4 Å². The third-order valence-corrected chi connectivity index (χ3v) is 5.22. The molecule has 3 amide bonds. The number of amides is 3. The molecule has 0 spiro atoms. The van der Waals surface area contributed by atoms with Gasteiger partial charge in [0.05, 0.1) is 12.1 Å². The lowest BCUT2D eigenvalue weighted by Crippen LogP contribution is -2.38. The average Bonchev–Trinajstić information content (AvgIpc) is 3.45. The van der Waals surface area contributed by atoms with Gasteiger partial charge in [0.25, 0.3) is 0 Å². The summed E-state index contributed by atoms with van der Waals surface area (Å²) in [6.07, 6.45) is 1.95. The first-order valence-corrected chi connectivity index (χ1v) is 9.87. The van der Waals surface area contributed by atoms with Crippen LogP contribution in [0.25, 0.3) is 0 Å². The minimum atomic E-state index is -0.256. The van der Waals surface area contributed by atoms with Crippen molar-refractivity contribution < 1.29 is 19.1 Å². The van der Waals surface area contributed by atoms with E-state index in [9.17, 15) is 9.59 Å². The van der Waals surface area contributed by atoms with Gasteiger partial charge in [-0.2, -0.15) is 0 Å². The van der Waals surface area contributed by atoms with E-state index in [-0.39, 0.29) is 36.7 Å². The summed E-state index contributed by atoms with van der Waals surface area (Å²) in [5, 5.41) is 8.80. The Labute approximate surface area is 169 Å². The van der Waals surface area contributed by atoms with Gasteiger partial charge in [0.2, 0.25) is 12.7 Å². The van der Waals surface area contributed by atoms with Crippen molar-refractivity contribution in [1.82, 2.24) is 10.6 Å². The number of rotatable bonds is 6. The Kier molecular flexibility index (Phi) is 5.29. The van der Waals surface area contributed by atoms with E-state index in [0.717, 1.165) is 35.4 Å². The molecule has 1 saturated carbocycles. The molecule has 2 unspecified atom stereocenters. The number of carbonyl (C=O) groups is 2. The molecule has 0 aromatic heterocycles. The zero-order chi connectivity index (χ0) is 20.4. The number of carbonyl (C=O) groups excluding carboxylic acids is 2. The molecule has 29 heavy (non-hydrogen) atoms. The Hall–Kier alpha value is -3.22. The van der Waals surface area contributed by atoms with E-state index in [1.54, 1.807) is 0 Å². The van der Waals surface area contributed by atoms with Gasteiger partial charge in [-0.3, -0.25) is 4.79 Å². The molecule has 1 fully saturated rings. The molecule has 2 atom stereocenters. The number of hydrogen-bond acceptors (Lipinski definition) is 4. The SMILES string of the molecule is CC(NC(=O)NC(C)c1ccc2c(c1)OCO2)c1ccc(NC(=O)C2CC2)cc1. The van der Waals surface area contributed by atoms with Crippen LogP contribution in [0.1, 0.15) is 49.9 Å². The summed E-state index contributed by atoms with van der Waals surface area (Å²) >= 11 is 0. The normalized spacial score (nSPS) is 16.6. The topological polar surface area (TPSA) is 88.7 Å². The van der Waals surface area contributed by atoms with E-state index in [1.165, 1.54) is 0 Å². The Morgan fingerprint density at radius 1 is 0.897 bits per heavy atom. The summed E-state index contributed by atoms with van der Waals surface area (Å²) in [5.74, 6) is 1.67. The van der Waals surface area contributed by atoms with Crippen LogP contribution in [0.15, 0.2) is 42.5 Å². The molecule has 2 aliphatic rings. The van der Waals surface area contributed by atoms with Crippen LogP contribution < -0.4 is 25.4 Å². The highest BCUT2D eigenvalue weighted by Crippen LogP contribution is 2.34. The molecule has 152 valence electrons. The highest BCUT2D eigenvalue weighted by atomic mass is 16.7. The van der Waals surface area contributed by atoms with Gasteiger partial charge in [-0.05, 0) is 62.1 Å². The lowest BCUT2D eigenvalue weighted by molar-refractivity contribution is -0.117. The zero-order valence-electron chi connectivity index (χ0n) is 16.5. The second-order valence-electron chi connectivity index (χ2n) is 7.56. The molecule has 1 aliphatic heterocycles. The first-order valence-electron chi connectivity index (χ1n) is 9.87. The summed E-state index contributed by atoms with van der Waals surface area (Å²) in [6.45, 7) is 4.06. The number of ether oxygens (including phenoxy) is 2. The van der Waals surface area contributed by atoms with Crippen LogP contribution >= 0.6 is 0 Å².